The highest BCUT2D eigenvalue weighted by molar-refractivity contribution is 5.95. The molecule has 0 fully saturated rings. The number of fused-ring (bicyclic) bond motifs is 1. The molecule has 7 heteroatoms. The van der Waals surface area contributed by atoms with Crippen LogP contribution in [0.4, 0.5) is 0 Å². The molecule has 98 valence electrons. The molecule has 0 atom stereocenters. The lowest BCUT2D eigenvalue weighted by Gasteiger charge is -2.08. The fourth-order valence-electron chi connectivity index (χ4n) is 1.65. The van der Waals surface area contributed by atoms with Gasteiger partial charge < -0.3 is 15.4 Å². The molecule has 0 spiro atoms. The number of rotatable bonds is 4. The lowest BCUT2D eigenvalue weighted by atomic mass is 10.3. The van der Waals surface area contributed by atoms with Gasteiger partial charge in [0.25, 0.3) is 5.91 Å². The standard InChI is InChI=1S/C11H16N4O3/c1-7(2)13-9(16)6-12-11(17)8-5-10-15(14-8)3-4-18-10/h5,7H,3-4,6H2,1-2H3,(H,12,17)(H,13,16). The third kappa shape index (κ3) is 2.79. The quantitative estimate of drug-likeness (QED) is 0.758. The van der Waals surface area contributed by atoms with E-state index in [1.807, 2.05) is 13.8 Å². The Morgan fingerprint density at radius 1 is 1.56 bits per heavy atom. The van der Waals surface area contributed by atoms with Crippen LogP contribution in [-0.2, 0) is 11.3 Å². The molecule has 1 aromatic rings. The van der Waals surface area contributed by atoms with Crippen LogP contribution in [0.3, 0.4) is 0 Å². The summed E-state index contributed by atoms with van der Waals surface area (Å²) in [4.78, 5) is 23.1. The largest absolute Gasteiger partial charge is 0.476 e. The monoisotopic (exact) mass is 252 g/mol. The fraction of sp³-hybridized carbons (Fsp3) is 0.545. The molecular formula is C11H16N4O3. The SMILES string of the molecule is CC(C)NC(=O)CNC(=O)c1cc2n(n1)CCO2. The van der Waals surface area contributed by atoms with Gasteiger partial charge >= 0.3 is 0 Å². The van der Waals surface area contributed by atoms with E-state index in [-0.39, 0.29) is 30.1 Å². The maximum Gasteiger partial charge on any atom is 0.272 e. The van der Waals surface area contributed by atoms with Crippen molar-refractivity contribution in [3.05, 3.63) is 11.8 Å². The molecule has 2 amide bonds. The van der Waals surface area contributed by atoms with Crippen molar-refractivity contribution in [1.82, 2.24) is 20.4 Å². The number of aromatic nitrogens is 2. The summed E-state index contributed by atoms with van der Waals surface area (Å²) in [5.41, 5.74) is 0.266. The summed E-state index contributed by atoms with van der Waals surface area (Å²) >= 11 is 0. The lowest BCUT2D eigenvalue weighted by molar-refractivity contribution is -0.120. The molecular weight excluding hydrogens is 236 g/mol. The van der Waals surface area contributed by atoms with Gasteiger partial charge in [-0.3, -0.25) is 9.59 Å². The van der Waals surface area contributed by atoms with Crippen molar-refractivity contribution in [1.29, 1.82) is 0 Å². The highest BCUT2D eigenvalue weighted by atomic mass is 16.5. The summed E-state index contributed by atoms with van der Waals surface area (Å²) in [5.74, 6) is -0.00691. The lowest BCUT2D eigenvalue weighted by Crippen LogP contribution is -2.39. The zero-order valence-electron chi connectivity index (χ0n) is 10.4. The Morgan fingerprint density at radius 2 is 2.33 bits per heavy atom. The Labute approximate surface area is 104 Å². The molecule has 0 unspecified atom stereocenters. The average Bonchev–Trinajstić information content (AvgIpc) is 2.84. The first-order chi connectivity index (χ1) is 8.56. The molecule has 0 saturated carbocycles. The highest BCUT2D eigenvalue weighted by Gasteiger charge is 2.19. The van der Waals surface area contributed by atoms with Crippen molar-refractivity contribution in [2.24, 2.45) is 0 Å². The van der Waals surface area contributed by atoms with Crippen LogP contribution in [0.1, 0.15) is 24.3 Å². The van der Waals surface area contributed by atoms with Gasteiger partial charge in [-0.2, -0.15) is 5.10 Å². The molecule has 2 N–H and O–H groups in total. The van der Waals surface area contributed by atoms with Crippen LogP contribution < -0.4 is 15.4 Å². The second-order valence-electron chi connectivity index (χ2n) is 4.34. The van der Waals surface area contributed by atoms with Crippen LogP contribution in [0.2, 0.25) is 0 Å². The third-order valence-corrected chi connectivity index (χ3v) is 2.39. The van der Waals surface area contributed by atoms with Crippen LogP contribution in [0, 0.1) is 0 Å². The molecule has 0 aromatic carbocycles. The van der Waals surface area contributed by atoms with Crippen LogP contribution >= 0.6 is 0 Å². The van der Waals surface area contributed by atoms with Gasteiger partial charge in [0, 0.05) is 12.1 Å². The summed E-state index contributed by atoms with van der Waals surface area (Å²) < 4.78 is 6.88. The van der Waals surface area contributed by atoms with E-state index in [2.05, 4.69) is 15.7 Å². The van der Waals surface area contributed by atoms with E-state index in [0.29, 0.717) is 19.0 Å². The van der Waals surface area contributed by atoms with Gasteiger partial charge in [0.05, 0.1) is 13.1 Å². The molecule has 0 aliphatic carbocycles. The maximum absolute atomic E-state index is 11.7. The molecule has 1 aliphatic rings. The average molecular weight is 252 g/mol. The van der Waals surface area contributed by atoms with E-state index in [0.717, 1.165) is 0 Å². The number of nitrogens with one attached hydrogen (secondary N) is 2. The van der Waals surface area contributed by atoms with Crippen molar-refractivity contribution in [2.45, 2.75) is 26.4 Å². The fourth-order valence-corrected chi connectivity index (χ4v) is 1.65. The summed E-state index contributed by atoms with van der Waals surface area (Å²) in [5, 5.41) is 9.27. The van der Waals surface area contributed by atoms with Gasteiger partial charge in [-0.05, 0) is 13.8 Å². The van der Waals surface area contributed by atoms with E-state index >= 15 is 0 Å². The van der Waals surface area contributed by atoms with Crippen molar-refractivity contribution in [3.63, 3.8) is 0 Å². The zero-order chi connectivity index (χ0) is 13.1. The minimum absolute atomic E-state index is 0.0548. The van der Waals surface area contributed by atoms with Crippen molar-refractivity contribution in [3.8, 4) is 5.88 Å². The summed E-state index contributed by atoms with van der Waals surface area (Å²) in [6.07, 6.45) is 0. The zero-order valence-corrected chi connectivity index (χ0v) is 10.4. The van der Waals surface area contributed by atoms with Gasteiger partial charge in [0.2, 0.25) is 11.8 Å². The normalized spacial score (nSPS) is 13.1. The molecule has 1 aliphatic heterocycles. The van der Waals surface area contributed by atoms with Crippen molar-refractivity contribution < 1.29 is 14.3 Å². The molecule has 0 bridgehead atoms. The van der Waals surface area contributed by atoms with E-state index in [1.54, 1.807) is 10.7 Å². The van der Waals surface area contributed by atoms with Crippen LogP contribution in [0.5, 0.6) is 5.88 Å². The number of amides is 2. The highest BCUT2D eigenvalue weighted by Crippen LogP contribution is 2.17. The van der Waals surface area contributed by atoms with Gasteiger partial charge in [-0.15, -0.1) is 0 Å². The number of hydrogen-bond acceptors (Lipinski definition) is 4. The second-order valence-corrected chi connectivity index (χ2v) is 4.34. The first-order valence-electron chi connectivity index (χ1n) is 5.84. The Hall–Kier alpha value is -2.05. The van der Waals surface area contributed by atoms with Gasteiger partial charge in [-0.1, -0.05) is 0 Å². The van der Waals surface area contributed by atoms with Crippen LogP contribution in [0.15, 0.2) is 6.07 Å². The van der Waals surface area contributed by atoms with E-state index < -0.39 is 0 Å². The number of nitrogens with zero attached hydrogens (tertiary/aromatic N) is 2. The number of carbonyl (C=O) groups is 2. The van der Waals surface area contributed by atoms with E-state index in [9.17, 15) is 9.59 Å². The minimum atomic E-state index is -0.376. The summed E-state index contributed by atoms with van der Waals surface area (Å²) in [7, 11) is 0. The van der Waals surface area contributed by atoms with Gasteiger partial charge in [-0.25, -0.2) is 4.68 Å². The van der Waals surface area contributed by atoms with Crippen molar-refractivity contribution in [2.75, 3.05) is 13.2 Å². The molecule has 7 nitrogen and oxygen atoms in total. The minimum Gasteiger partial charge on any atom is -0.476 e. The second kappa shape index (κ2) is 5.07. The smallest absolute Gasteiger partial charge is 0.272 e. The van der Waals surface area contributed by atoms with Gasteiger partial charge in [0.1, 0.15) is 6.61 Å². The maximum atomic E-state index is 11.7. The molecule has 0 radical (unpaired) electrons. The topological polar surface area (TPSA) is 85.3 Å². The van der Waals surface area contributed by atoms with Crippen LogP contribution in [0.25, 0.3) is 0 Å². The first kappa shape index (κ1) is 12.4. The Morgan fingerprint density at radius 3 is 3.00 bits per heavy atom. The Bertz CT molecular complexity index is 445. The molecule has 0 saturated heterocycles. The number of hydrogen-bond donors (Lipinski definition) is 2. The molecule has 18 heavy (non-hydrogen) atoms. The Balaban J connectivity index is 1.86. The number of carbonyl (C=O) groups excluding carboxylic acids is 2. The first-order valence-corrected chi connectivity index (χ1v) is 5.84. The molecule has 2 heterocycles. The molecule has 1 aromatic heterocycles. The van der Waals surface area contributed by atoms with E-state index in [1.165, 1.54) is 0 Å². The summed E-state index contributed by atoms with van der Waals surface area (Å²) in [6.45, 7) is 4.89. The van der Waals surface area contributed by atoms with E-state index in [4.69, 9.17) is 4.74 Å². The third-order valence-electron chi connectivity index (χ3n) is 2.39. The predicted octanol–water partition coefficient (Wildman–Crippen LogP) is -0.470. The predicted molar refractivity (Wildman–Crippen MR) is 63.3 cm³/mol. The number of ether oxygens (including phenoxy) is 1. The van der Waals surface area contributed by atoms with Crippen molar-refractivity contribution >= 4 is 11.8 Å². The Kier molecular flexibility index (Phi) is 3.50. The molecule has 2 rings (SSSR count). The summed E-state index contributed by atoms with van der Waals surface area (Å²) in [6, 6.07) is 1.63. The van der Waals surface area contributed by atoms with Gasteiger partial charge in [0.15, 0.2) is 5.69 Å². The van der Waals surface area contributed by atoms with Crippen LogP contribution in [-0.4, -0.2) is 40.8 Å².